The average Bonchev–Trinajstić information content (AvgIpc) is 3.16. The number of benzene rings is 1. The van der Waals surface area contributed by atoms with Gasteiger partial charge in [-0.1, -0.05) is 0 Å². The molecule has 7 nitrogen and oxygen atoms in total. The molecule has 2 aromatic rings. The van der Waals surface area contributed by atoms with Crippen LogP contribution in [0.15, 0.2) is 30.6 Å². The molecule has 1 fully saturated rings. The van der Waals surface area contributed by atoms with E-state index in [4.69, 9.17) is 14.2 Å². The maximum atomic E-state index is 10.2. The molecule has 0 amide bonds. The number of fused-ring (bicyclic) bond motifs is 1. The third kappa shape index (κ3) is 3.18. The van der Waals surface area contributed by atoms with E-state index in [1.54, 1.807) is 6.07 Å². The summed E-state index contributed by atoms with van der Waals surface area (Å²) in [6.45, 7) is 4.94. The second-order valence-electron chi connectivity index (χ2n) is 6.35. The molecular formula is C17H21N3O4. The highest BCUT2D eigenvalue weighted by Gasteiger charge is 2.30. The fraction of sp³-hybridized carbons (Fsp3) is 0.471. The van der Waals surface area contributed by atoms with Crippen LogP contribution in [0.5, 0.6) is 17.2 Å². The smallest absolute Gasteiger partial charge is 0.231 e. The van der Waals surface area contributed by atoms with Crippen molar-refractivity contribution in [2.75, 3.05) is 33.0 Å². The van der Waals surface area contributed by atoms with Crippen molar-refractivity contribution >= 4 is 0 Å². The normalized spacial score (nSPS) is 18.4. The van der Waals surface area contributed by atoms with Crippen LogP contribution in [0.4, 0.5) is 0 Å². The summed E-state index contributed by atoms with van der Waals surface area (Å²) >= 11 is 0. The second kappa shape index (κ2) is 6.33. The summed E-state index contributed by atoms with van der Waals surface area (Å²) in [6, 6.07) is 5.82. The Balaban J connectivity index is 1.21. The van der Waals surface area contributed by atoms with Crippen LogP contribution in [0.2, 0.25) is 0 Å². The monoisotopic (exact) mass is 331 g/mol. The van der Waals surface area contributed by atoms with Crippen molar-refractivity contribution in [3.8, 4) is 17.2 Å². The fourth-order valence-electron chi connectivity index (χ4n) is 3.00. The van der Waals surface area contributed by atoms with E-state index in [9.17, 15) is 5.11 Å². The van der Waals surface area contributed by atoms with E-state index in [1.807, 2.05) is 29.9 Å². The zero-order valence-corrected chi connectivity index (χ0v) is 13.6. The topological polar surface area (TPSA) is 69.0 Å². The molecule has 24 heavy (non-hydrogen) atoms. The molecule has 7 heteroatoms. The first kappa shape index (κ1) is 15.3. The van der Waals surface area contributed by atoms with E-state index in [0.717, 1.165) is 18.8 Å². The molecule has 0 bridgehead atoms. The SMILES string of the molecule is Cc1cnn(C2CN(C[C@@H](O)COc3ccc4c(c3)OCO4)C2)c1. The molecule has 128 valence electrons. The molecule has 0 spiro atoms. The van der Waals surface area contributed by atoms with Gasteiger partial charge in [0.15, 0.2) is 11.5 Å². The molecule has 0 saturated carbocycles. The van der Waals surface area contributed by atoms with Gasteiger partial charge in [0.05, 0.1) is 12.2 Å². The molecule has 1 N–H and O–H groups in total. The summed E-state index contributed by atoms with van der Waals surface area (Å²) in [4.78, 5) is 2.20. The number of aromatic nitrogens is 2. The van der Waals surface area contributed by atoms with Gasteiger partial charge in [0.25, 0.3) is 0 Å². The van der Waals surface area contributed by atoms with Crippen LogP contribution in [-0.2, 0) is 0 Å². The minimum atomic E-state index is -0.532. The number of β-amino-alcohol motifs (C(OH)–C–C–N with tert-alkyl or cyclic N) is 1. The van der Waals surface area contributed by atoms with Crippen LogP contribution in [0.25, 0.3) is 0 Å². The molecule has 4 rings (SSSR count). The minimum absolute atomic E-state index is 0.243. The predicted octanol–water partition coefficient (Wildman–Crippen LogP) is 1.22. The van der Waals surface area contributed by atoms with E-state index in [2.05, 4.69) is 16.2 Å². The van der Waals surface area contributed by atoms with E-state index < -0.39 is 6.10 Å². The van der Waals surface area contributed by atoms with Crippen molar-refractivity contribution in [3.63, 3.8) is 0 Å². The number of hydrogen-bond acceptors (Lipinski definition) is 6. The summed E-state index contributed by atoms with van der Waals surface area (Å²) in [5, 5.41) is 14.5. The molecule has 0 radical (unpaired) electrons. The lowest BCUT2D eigenvalue weighted by atomic mass is 10.1. The van der Waals surface area contributed by atoms with Gasteiger partial charge in [-0.2, -0.15) is 5.10 Å². The highest BCUT2D eigenvalue weighted by molar-refractivity contribution is 5.46. The van der Waals surface area contributed by atoms with E-state index in [0.29, 0.717) is 24.1 Å². The summed E-state index contributed by atoms with van der Waals surface area (Å²) < 4.78 is 18.2. The van der Waals surface area contributed by atoms with Gasteiger partial charge in [-0.3, -0.25) is 9.58 Å². The van der Waals surface area contributed by atoms with Gasteiger partial charge in [0.2, 0.25) is 6.79 Å². The van der Waals surface area contributed by atoms with Crippen molar-refractivity contribution < 1.29 is 19.3 Å². The van der Waals surface area contributed by atoms with Gasteiger partial charge in [0.1, 0.15) is 18.5 Å². The van der Waals surface area contributed by atoms with Crippen molar-refractivity contribution in [1.82, 2.24) is 14.7 Å². The number of aliphatic hydroxyl groups excluding tert-OH is 1. The number of aryl methyl sites for hydroxylation is 1. The van der Waals surface area contributed by atoms with E-state index in [-0.39, 0.29) is 13.4 Å². The molecular weight excluding hydrogens is 310 g/mol. The number of aliphatic hydroxyl groups is 1. The lowest BCUT2D eigenvalue weighted by Gasteiger charge is -2.40. The predicted molar refractivity (Wildman–Crippen MR) is 86.5 cm³/mol. The van der Waals surface area contributed by atoms with Gasteiger partial charge >= 0.3 is 0 Å². The van der Waals surface area contributed by atoms with Crippen LogP contribution in [0.1, 0.15) is 11.6 Å². The quantitative estimate of drug-likeness (QED) is 0.858. The number of nitrogens with zero attached hydrogens (tertiary/aromatic N) is 3. The molecule has 0 unspecified atom stereocenters. The zero-order chi connectivity index (χ0) is 16.5. The lowest BCUT2D eigenvalue weighted by molar-refractivity contribution is 0.0204. The lowest BCUT2D eigenvalue weighted by Crippen LogP contribution is -2.51. The maximum absolute atomic E-state index is 10.2. The fourth-order valence-corrected chi connectivity index (χ4v) is 3.00. The second-order valence-corrected chi connectivity index (χ2v) is 6.35. The molecule has 2 aliphatic rings. The first-order valence-electron chi connectivity index (χ1n) is 8.11. The summed E-state index contributed by atoms with van der Waals surface area (Å²) in [7, 11) is 0. The Morgan fingerprint density at radius 3 is 2.96 bits per heavy atom. The average molecular weight is 331 g/mol. The van der Waals surface area contributed by atoms with Crippen molar-refractivity contribution in [2.24, 2.45) is 0 Å². The van der Waals surface area contributed by atoms with Gasteiger partial charge in [-0.05, 0) is 24.6 Å². The van der Waals surface area contributed by atoms with Gasteiger partial charge in [-0.15, -0.1) is 0 Å². The summed E-state index contributed by atoms with van der Waals surface area (Å²) in [5.74, 6) is 2.08. The van der Waals surface area contributed by atoms with E-state index >= 15 is 0 Å². The van der Waals surface area contributed by atoms with Crippen LogP contribution in [0.3, 0.4) is 0 Å². The van der Waals surface area contributed by atoms with Crippen LogP contribution in [0, 0.1) is 6.92 Å². The summed E-state index contributed by atoms with van der Waals surface area (Å²) in [5.41, 5.74) is 1.17. The Labute approximate surface area is 140 Å². The van der Waals surface area contributed by atoms with Gasteiger partial charge in [0, 0.05) is 31.9 Å². The minimum Gasteiger partial charge on any atom is -0.491 e. The number of hydrogen-bond donors (Lipinski definition) is 1. The van der Waals surface area contributed by atoms with Gasteiger partial charge < -0.3 is 19.3 Å². The Hall–Kier alpha value is -2.25. The third-order valence-corrected chi connectivity index (χ3v) is 4.30. The number of rotatable bonds is 6. The van der Waals surface area contributed by atoms with E-state index in [1.165, 1.54) is 5.56 Å². The Bertz CT molecular complexity index is 712. The number of likely N-dealkylation sites (tertiary alicyclic amines) is 1. The van der Waals surface area contributed by atoms with Crippen LogP contribution < -0.4 is 14.2 Å². The first-order chi connectivity index (χ1) is 11.7. The molecule has 1 atom stereocenters. The Morgan fingerprint density at radius 2 is 2.17 bits per heavy atom. The molecule has 1 saturated heterocycles. The third-order valence-electron chi connectivity index (χ3n) is 4.30. The highest BCUT2D eigenvalue weighted by atomic mass is 16.7. The van der Waals surface area contributed by atoms with Crippen molar-refractivity contribution in [1.29, 1.82) is 0 Å². The summed E-state index contributed by atoms with van der Waals surface area (Å²) in [6.07, 6.45) is 3.40. The molecule has 2 aliphatic heterocycles. The highest BCUT2D eigenvalue weighted by Crippen LogP contribution is 2.35. The largest absolute Gasteiger partial charge is 0.491 e. The number of ether oxygens (including phenoxy) is 3. The van der Waals surface area contributed by atoms with Crippen molar-refractivity contribution in [2.45, 2.75) is 19.1 Å². The maximum Gasteiger partial charge on any atom is 0.231 e. The van der Waals surface area contributed by atoms with Crippen molar-refractivity contribution in [3.05, 3.63) is 36.2 Å². The van der Waals surface area contributed by atoms with Crippen LogP contribution in [-0.4, -0.2) is 58.9 Å². The molecule has 0 aliphatic carbocycles. The molecule has 1 aromatic carbocycles. The molecule has 1 aromatic heterocycles. The molecule has 3 heterocycles. The van der Waals surface area contributed by atoms with Crippen LogP contribution >= 0.6 is 0 Å². The standard InChI is InChI=1S/C17H21N3O4/c1-12-5-18-20(6-12)13-7-19(8-13)9-14(21)10-22-15-2-3-16-17(4-15)24-11-23-16/h2-6,13-14,21H,7-11H2,1H3/t14-/m1/s1. The first-order valence-corrected chi connectivity index (χ1v) is 8.11. The Morgan fingerprint density at radius 1 is 1.33 bits per heavy atom. The van der Waals surface area contributed by atoms with Gasteiger partial charge in [-0.25, -0.2) is 0 Å². The Kier molecular flexibility index (Phi) is 4.03. The zero-order valence-electron chi connectivity index (χ0n) is 13.6.